The van der Waals surface area contributed by atoms with Crippen LogP contribution in [0.2, 0.25) is 0 Å². The number of unbranched alkanes of at least 4 members (excludes halogenated alkanes) is 4. The third-order valence-corrected chi connectivity index (χ3v) is 8.34. The second-order valence-electron chi connectivity index (χ2n) is 10.00. The number of anilines is 1. The monoisotopic (exact) mass is 514 g/mol. The summed E-state index contributed by atoms with van der Waals surface area (Å²) in [5.74, 6) is 1.73. The fourth-order valence-electron chi connectivity index (χ4n) is 5.31. The number of nitrogens with zero attached hydrogens (tertiary/aromatic N) is 4. The molecule has 190 valence electrons. The number of carbonyl (C=O) groups is 1. The van der Waals surface area contributed by atoms with Gasteiger partial charge >= 0.3 is 0 Å². The fraction of sp³-hybridized carbons (Fsp3) is 0.630. The summed E-state index contributed by atoms with van der Waals surface area (Å²) >= 11 is 6.88. The van der Waals surface area contributed by atoms with Crippen molar-refractivity contribution in [3.05, 3.63) is 31.9 Å². The Balaban J connectivity index is 2.04. The zero-order valence-corrected chi connectivity index (χ0v) is 23.4. The zero-order valence-electron chi connectivity index (χ0n) is 21.7. The molecule has 2 aliphatic heterocycles. The second-order valence-corrected chi connectivity index (χ2v) is 11.7. The zero-order chi connectivity index (χ0) is 25.7. The van der Waals surface area contributed by atoms with Gasteiger partial charge in [0, 0.05) is 31.7 Å². The van der Waals surface area contributed by atoms with Gasteiger partial charge in [0.1, 0.15) is 21.8 Å². The number of rotatable bonds is 9. The first-order valence-corrected chi connectivity index (χ1v) is 14.1. The van der Waals surface area contributed by atoms with Crippen LogP contribution in [0.25, 0.3) is 6.08 Å². The van der Waals surface area contributed by atoms with Crippen molar-refractivity contribution in [1.29, 1.82) is 5.26 Å². The molecule has 35 heavy (non-hydrogen) atoms. The number of nitriles is 1. The predicted octanol–water partition coefficient (Wildman–Crippen LogP) is 5.70. The van der Waals surface area contributed by atoms with E-state index >= 15 is 0 Å². The molecule has 2 aliphatic rings. The maximum atomic E-state index is 13.3. The van der Waals surface area contributed by atoms with Gasteiger partial charge in [-0.15, -0.1) is 0 Å². The summed E-state index contributed by atoms with van der Waals surface area (Å²) in [6.07, 6.45) is 8.61. The van der Waals surface area contributed by atoms with Gasteiger partial charge in [-0.3, -0.25) is 19.1 Å². The van der Waals surface area contributed by atoms with Crippen molar-refractivity contribution < 1.29 is 4.79 Å². The highest BCUT2D eigenvalue weighted by Crippen LogP contribution is 2.37. The van der Waals surface area contributed by atoms with Crippen molar-refractivity contribution in [2.45, 2.75) is 79.7 Å². The number of thiocarbonyl (C=S) groups is 1. The van der Waals surface area contributed by atoms with E-state index in [9.17, 15) is 14.9 Å². The molecular weight excluding hydrogens is 476 g/mol. The van der Waals surface area contributed by atoms with Crippen LogP contribution in [0.15, 0.2) is 9.70 Å². The quantitative estimate of drug-likeness (QED) is 0.239. The highest BCUT2D eigenvalue weighted by atomic mass is 32.2. The van der Waals surface area contributed by atoms with Crippen molar-refractivity contribution in [3.8, 4) is 6.07 Å². The number of carbonyl (C=O) groups excluding carboxylic acids is 1. The normalized spacial score (nSPS) is 21.8. The highest BCUT2D eigenvalue weighted by Gasteiger charge is 2.33. The van der Waals surface area contributed by atoms with Gasteiger partial charge in [0.05, 0.1) is 4.91 Å². The summed E-state index contributed by atoms with van der Waals surface area (Å²) in [7, 11) is 0. The third kappa shape index (κ3) is 6.00. The van der Waals surface area contributed by atoms with E-state index in [1.54, 1.807) is 9.47 Å². The summed E-state index contributed by atoms with van der Waals surface area (Å²) < 4.78 is 2.29. The summed E-state index contributed by atoms with van der Waals surface area (Å²) in [5.41, 5.74) is 1.30. The molecule has 1 aromatic heterocycles. The van der Waals surface area contributed by atoms with Crippen LogP contribution in [-0.4, -0.2) is 39.3 Å². The van der Waals surface area contributed by atoms with Crippen LogP contribution in [0.3, 0.4) is 0 Å². The molecule has 2 atom stereocenters. The van der Waals surface area contributed by atoms with E-state index in [-0.39, 0.29) is 17.0 Å². The van der Waals surface area contributed by atoms with Gasteiger partial charge in [-0.1, -0.05) is 70.4 Å². The summed E-state index contributed by atoms with van der Waals surface area (Å²) in [6, 6.07) is 2.12. The first-order valence-electron chi connectivity index (χ1n) is 12.9. The number of piperidine rings is 1. The minimum absolute atomic E-state index is 0.0750. The Morgan fingerprint density at radius 2 is 1.77 bits per heavy atom. The molecule has 2 unspecified atom stereocenters. The minimum Gasteiger partial charge on any atom is -0.357 e. The Morgan fingerprint density at radius 3 is 2.37 bits per heavy atom. The molecular formula is C27H38N4O2S2. The lowest BCUT2D eigenvalue weighted by atomic mass is 9.91. The van der Waals surface area contributed by atoms with Crippen LogP contribution < -0.4 is 10.5 Å². The van der Waals surface area contributed by atoms with E-state index in [4.69, 9.17) is 12.2 Å². The second kappa shape index (κ2) is 12.2. The fourth-order valence-corrected chi connectivity index (χ4v) is 6.60. The van der Waals surface area contributed by atoms with Crippen LogP contribution in [0.1, 0.15) is 82.9 Å². The minimum atomic E-state index is -0.259. The lowest BCUT2D eigenvalue weighted by molar-refractivity contribution is -0.122. The van der Waals surface area contributed by atoms with Crippen molar-refractivity contribution in [1.82, 2.24) is 9.47 Å². The van der Waals surface area contributed by atoms with Gasteiger partial charge in [0.2, 0.25) is 0 Å². The molecule has 0 aromatic carbocycles. The average Bonchev–Trinajstić information content (AvgIpc) is 3.07. The molecule has 3 rings (SSSR count). The molecule has 1 aromatic rings. The van der Waals surface area contributed by atoms with Gasteiger partial charge in [0.25, 0.3) is 11.5 Å². The van der Waals surface area contributed by atoms with E-state index in [0.717, 1.165) is 43.7 Å². The lowest BCUT2D eigenvalue weighted by Crippen LogP contribution is -2.42. The van der Waals surface area contributed by atoms with Crippen molar-refractivity contribution in [2.75, 3.05) is 24.5 Å². The Labute approximate surface area is 219 Å². The largest absolute Gasteiger partial charge is 0.357 e. The Bertz CT molecular complexity index is 1090. The predicted molar refractivity (Wildman–Crippen MR) is 150 cm³/mol. The van der Waals surface area contributed by atoms with E-state index < -0.39 is 0 Å². The molecule has 0 aliphatic carbocycles. The summed E-state index contributed by atoms with van der Waals surface area (Å²) in [5, 5.41) is 9.79. The number of thioether (sulfide) groups is 1. The smallest absolute Gasteiger partial charge is 0.270 e. The lowest BCUT2D eigenvalue weighted by Gasteiger charge is -2.38. The number of amides is 1. The first kappa shape index (κ1) is 27.5. The molecule has 1 amide bonds. The average molecular weight is 515 g/mol. The Morgan fingerprint density at radius 1 is 1.11 bits per heavy atom. The maximum Gasteiger partial charge on any atom is 0.270 e. The van der Waals surface area contributed by atoms with Gasteiger partial charge < -0.3 is 4.90 Å². The van der Waals surface area contributed by atoms with Crippen molar-refractivity contribution in [3.63, 3.8) is 0 Å². The number of hydrogen-bond donors (Lipinski definition) is 0. The molecule has 0 saturated carbocycles. The van der Waals surface area contributed by atoms with Crippen molar-refractivity contribution in [2.24, 2.45) is 11.8 Å². The van der Waals surface area contributed by atoms with Gasteiger partial charge in [-0.25, -0.2) is 0 Å². The van der Waals surface area contributed by atoms with Gasteiger partial charge in [-0.05, 0) is 50.2 Å². The third-order valence-electron chi connectivity index (χ3n) is 6.97. The van der Waals surface area contributed by atoms with E-state index in [2.05, 4.69) is 31.7 Å². The topological polar surface area (TPSA) is 69.3 Å². The molecule has 0 spiro atoms. The maximum absolute atomic E-state index is 13.3. The van der Waals surface area contributed by atoms with E-state index in [1.165, 1.54) is 31.0 Å². The molecule has 0 bridgehead atoms. The number of hydrogen-bond acceptors (Lipinski definition) is 6. The van der Waals surface area contributed by atoms with Crippen LogP contribution in [0.5, 0.6) is 0 Å². The van der Waals surface area contributed by atoms with Crippen LogP contribution in [-0.2, 0) is 11.3 Å². The molecule has 6 nitrogen and oxygen atoms in total. The number of pyridine rings is 1. The standard InChI is InChI=1S/C27H38N4O2S2/c1-6-8-9-10-11-12-31-26(33)23(35-27(31)34)14-21-20(5)22(15-28)25(32)30(7-2)24(21)29-16-18(3)13-19(4)17-29/h14,18-19H,6-13,16-17H2,1-5H3/b23-14+. The van der Waals surface area contributed by atoms with Crippen LogP contribution in [0, 0.1) is 30.1 Å². The Hall–Kier alpha value is -2.11. The summed E-state index contributed by atoms with van der Waals surface area (Å²) in [4.78, 5) is 31.1. The molecule has 2 saturated heterocycles. The van der Waals surface area contributed by atoms with Crippen LogP contribution in [0.4, 0.5) is 5.82 Å². The first-order chi connectivity index (χ1) is 16.7. The molecule has 0 radical (unpaired) electrons. The highest BCUT2D eigenvalue weighted by molar-refractivity contribution is 8.26. The summed E-state index contributed by atoms with van der Waals surface area (Å²) in [6.45, 7) is 13.2. The van der Waals surface area contributed by atoms with Crippen LogP contribution >= 0.6 is 24.0 Å². The van der Waals surface area contributed by atoms with E-state index in [1.807, 2.05) is 19.9 Å². The molecule has 8 heteroatoms. The van der Waals surface area contributed by atoms with E-state index in [0.29, 0.717) is 39.7 Å². The number of aromatic nitrogens is 1. The molecule has 2 fully saturated rings. The van der Waals surface area contributed by atoms with Gasteiger partial charge in [0.15, 0.2) is 0 Å². The van der Waals surface area contributed by atoms with Gasteiger partial charge in [-0.2, -0.15) is 5.26 Å². The Kier molecular flexibility index (Phi) is 9.60. The van der Waals surface area contributed by atoms with Crippen molar-refractivity contribution >= 4 is 46.1 Å². The SMILES string of the molecule is CCCCCCCN1C(=O)/C(=C\c2c(C)c(C#N)c(=O)n(CC)c2N2CC(C)CC(C)C2)SC1=S. The molecule has 3 heterocycles. The molecule has 0 N–H and O–H groups in total.